The summed E-state index contributed by atoms with van der Waals surface area (Å²) in [4.78, 5) is 10.2. The van der Waals surface area contributed by atoms with E-state index in [1.807, 2.05) is 24.0 Å². The van der Waals surface area contributed by atoms with E-state index in [0.717, 1.165) is 0 Å². The van der Waals surface area contributed by atoms with Crippen molar-refractivity contribution in [2.75, 3.05) is 24.8 Å². The number of aliphatic hydroxyl groups excluding tert-OH is 1. The van der Waals surface area contributed by atoms with E-state index in [1.54, 1.807) is 6.07 Å². The van der Waals surface area contributed by atoms with Gasteiger partial charge in [0.1, 0.15) is 18.2 Å². The van der Waals surface area contributed by atoms with Crippen molar-refractivity contribution in [1.82, 2.24) is 9.97 Å². The molecule has 8 heteroatoms. The number of aliphatic hydroxyl groups is 1. The molecule has 2 aliphatic heterocycles. The smallest absolute Gasteiger partial charge is 0.231 e. The average Bonchev–Trinajstić information content (AvgIpc) is 3.34. The fourth-order valence-electron chi connectivity index (χ4n) is 4.68. The molecule has 1 aliphatic carbocycles. The highest BCUT2D eigenvalue weighted by atomic mass is 19.1. The third-order valence-electron chi connectivity index (χ3n) is 6.19. The molecule has 3 heterocycles. The number of nitrogens with zero attached hydrogens (tertiary/aromatic N) is 3. The molecule has 0 amide bonds. The summed E-state index contributed by atoms with van der Waals surface area (Å²) in [7, 11) is 0. The van der Waals surface area contributed by atoms with Gasteiger partial charge in [-0.25, -0.2) is 14.4 Å². The second-order valence-electron chi connectivity index (χ2n) is 7.95. The first-order valence-electron chi connectivity index (χ1n) is 10.1. The number of rotatable bonds is 4. The molecule has 0 bridgehead atoms. The lowest BCUT2D eigenvalue weighted by Crippen LogP contribution is -2.42. The highest BCUT2D eigenvalue weighted by molar-refractivity contribution is 5.47. The zero-order chi connectivity index (χ0) is 20.0. The van der Waals surface area contributed by atoms with Gasteiger partial charge in [-0.1, -0.05) is 6.92 Å². The Morgan fingerprint density at radius 2 is 1.97 bits per heavy atom. The van der Waals surface area contributed by atoms with Crippen LogP contribution in [0.4, 0.5) is 10.2 Å². The zero-order valence-corrected chi connectivity index (χ0v) is 16.3. The first kappa shape index (κ1) is 18.4. The molecule has 2 fully saturated rings. The fraction of sp³-hybridized carbons (Fsp3) is 0.524. The Labute approximate surface area is 168 Å². The molecule has 1 saturated heterocycles. The van der Waals surface area contributed by atoms with Crippen molar-refractivity contribution in [2.45, 2.75) is 38.4 Å². The molecular formula is C21H24FN3O4. The molecule has 4 atom stereocenters. The van der Waals surface area contributed by atoms with Crippen LogP contribution in [0.3, 0.4) is 0 Å². The van der Waals surface area contributed by atoms with Gasteiger partial charge in [-0.15, -0.1) is 0 Å². The largest absolute Gasteiger partial charge is 0.488 e. The molecule has 1 aromatic heterocycles. The summed E-state index contributed by atoms with van der Waals surface area (Å²) in [5.74, 6) is 2.66. The van der Waals surface area contributed by atoms with Crippen molar-refractivity contribution in [1.29, 1.82) is 0 Å². The average molecular weight is 401 g/mol. The van der Waals surface area contributed by atoms with Crippen LogP contribution in [0.2, 0.25) is 0 Å². The van der Waals surface area contributed by atoms with Gasteiger partial charge in [0.25, 0.3) is 0 Å². The Kier molecular flexibility index (Phi) is 4.66. The van der Waals surface area contributed by atoms with Gasteiger partial charge in [-0.3, -0.25) is 0 Å². The standard InChI is InChI=1S/C21H24FN3O4/c1-2-15-20(22)21(24-10-23-15)25-8-12-5-16(26)18(6-13(12)9-25)29-14-3-4-17-19(7-14)28-11-27-17/h3-4,7,10,12-13,16,18,26H,2,5-6,8-9,11H2,1H3/t12-,13+,16+,18+/m0/s1. The SMILES string of the molecule is CCc1ncnc(N2C[C@H]3C[C@@H](Oc4ccc5c(c4)OCO5)[C@H](O)C[C@H]3C2)c1F. The third kappa shape index (κ3) is 3.35. The van der Waals surface area contributed by atoms with Gasteiger partial charge in [-0.05, 0) is 43.2 Å². The summed E-state index contributed by atoms with van der Waals surface area (Å²) >= 11 is 0. The molecule has 154 valence electrons. The number of hydrogen-bond acceptors (Lipinski definition) is 7. The summed E-state index contributed by atoms with van der Waals surface area (Å²) in [6, 6.07) is 5.44. The van der Waals surface area contributed by atoms with Gasteiger partial charge in [0, 0.05) is 19.2 Å². The summed E-state index contributed by atoms with van der Waals surface area (Å²) in [6.45, 7) is 3.49. The maximum atomic E-state index is 14.7. The first-order valence-corrected chi connectivity index (χ1v) is 10.1. The molecule has 7 nitrogen and oxygen atoms in total. The number of anilines is 1. The number of aromatic nitrogens is 2. The Hall–Kier alpha value is -2.61. The maximum absolute atomic E-state index is 14.7. The number of aryl methyl sites for hydroxylation is 1. The first-order chi connectivity index (χ1) is 14.1. The predicted octanol–water partition coefficient (Wildman–Crippen LogP) is 2.56. The molecule has 1 aromatic carbocycles. The number of benzene rings is 1. The number of ether oxygens (including phenoxy) is 3. The van der Waals surface area contributed by atoms with E-state index < -0.39 is 6.10 Å². The lowest BCUT2D eigenvalue weighted by atomic mass is 9.78. The second kappa shape index (κ2) is 7.33. The van der Waals surface area contributed by atoms with Gasteiger partial charge < -0.3 is 24.2 Å². The summed E-state index contributed by atoms with van der Waals surface area (Å²) in [5.41, 5.74) is 0.439. The zero-order valence-electron chi connectivity index (χ0n) is 16.3. The maximum Gasteiger partial charge on any atom is 0.231 e. The van der Waals surface area contributed by atoms with E-state index >= 15 is 0 Å². The quantitative estimate of drug-likeness (QED) is 0.844. The van der Waals surface area contributed by atoms with Crippen LogP contribution in [-0.2, 0) is 6.42 Å². The Morgan fingerprint density at radius 1 is 1.17 bits per heavy atom. The van der Waals surface area contributed by atoms with E-state index in [4.69, 9.17) is 14.2 Å². The van der Waals surface area contributed by atoms with E-state index in [0.29, 0.717) is 72.9 Å². The molecule has 3 aliphatic rings. The van der Waals surface area contributed by atoms with Crippen molar-refractivity contribution >= 4 is 5.82 Å². The summed E-state index contributed by atoms with van der Waals surface area (Å²) in [5, 5.41) is 10.7. The van der Waals surface area contributed by atoms with Gasteiger partial charge in [0.2, 0.25) is 6.79 Å². The van der Waals surface area contributed by atoms with Crippen LogP contribution >= 0.6 is 0 Å². The van der Waals surface area contributed by atoms with Crippen LogP contribution < -0.4 is 19.1 Å². The third-order valence-corrected chi connectivity index (χ3v) is 6.19. The van der Waals surface area contributed by atoms with E-state index in [9.17, 15) is 9.50 Å². The van der Waals surface area contributed by atoms with Crippen molar-refractivity contribution in [3.8, 4) is 17.2 Å². The van der Waals surface area contributed by atoms with Crippen LogP contribution in [0.1, 0.15) is 25.5 Å². The monoisotopic (exact) mass is 401 g/mol. The number of fused-ring (bicyclic) bond motifs is 2. The molecule has 0 spiro atoms. The van der Waals surface area contributed by atoms with Gasteiger partial charge in [-0.2, -0.15) is 0 Å². The highest BCUT2D eigenvalue weighted by Gasteiger charge is 2.43. The second-order valence-corrected chi connectivity index (χ2v) is 7.95. The lowest BCUT2D eigenvalue weighted by Gasteiger charge is -2.35. The minimum atomic E-state index is -0.567. The van der Waals surface area contributed by atoms with Gasteiger partial charge in [0.15, 0.2) is 23.1 Å². The Bertz CT molecular complexity index is 911. The predicted molar refractivity (Wildman–Crippen MR) is 103 cm³/mol. The fourth-order valence-corrected chi connectivity index (χ4v) is 4.68. The topological polar surface area (TPSA) is 76.9 Å². The van der Waals surface area contributed by atoms with Crippen LogP contribution in [0, 0.1) is 17.7 Å². The van der Waals surface area contributed by atoms with E-state index in [2.05, 4.69) is 9.97 Å². The Morgan fingerprint density at radius 3 is 2.79 bits per heavy atom. The van der Waals surface area contributed by atoms with Crippen LogP contribution in [-0.4, -0.2) is 47.2 Å². The Balaban J connectivity index is 1.29. The highest BCUT2D eigenvalue weighted by Crippen LogP contribution is 2.41. The van der Waals surface area contributed by atoms with Crippen molar-refractivity contribution < 1.29 is 23.7 Å². The summed E-state index contributed by atoms with van der Waals surface area (Å²) in [6.07, 6.45) is 2.43. The minimum Gasteiger partial charge on any atom is -0.488 e. The molecule has 1 N–H and O–H groups in total. The molecule has 0 radical (unpaired) electrons. The normalized spacial score (nSPS) is 27.8. The number of halogens is 1. The van der Waals surface area contributed by atoms with Crippen LogP contribution in [0.5, 0.6) is 17.2 Å². The molecule has 1 saturated carbocycles. The van der Waals surface area contributed by atoms with Crippen molar-refractivity contribution in [2.24, 2.45) is 11.8 Å². The molecule has 29 heavy (non-hydrogen) atoms. The molecular weight excluding hydrogens is 377 g/mol. The molecule has 2 aromatic rings. The van der Waals surface area contributed by atoms with Crippen LogP contribution in [0.15, 0.2) is 24.5 Å². The van der Waals surface area contributed by atoms with Crippen molar-refractivity contribution in [3.05, 3.63) is 36.0 Å². The van der Waals surface area contributed by atoms with E-state index in [-0.39, 0.29) is 18.7 Å². The minimum absolute atomic E-state index is 0.212. The van der Waals surface area contributed by atoms with Gasteiger partial charge in [0.05, 0.1) is 11.8 Å². The molecule has 5 rings (SSSR count). The van der Waals surface area contributed by atoms with Crippen molar-refractivity contribution in [3.63, 3.8) is 0 Å². The molecule has 0 unspecified atom stereocenters. The number of hydrogen-bond donors (Lipinski definition) is 1. The van der Waals surface area contributed by atoms with Crippen LogP contribution in [0.25, 0.3) is 0 Å². The van der Waals surface area contributed by atoms with E-state index in [1.165, 1.54) is 6.33 Å². The lowest BCUT2D eigenvalue weighted by molar-refractivity contribution is -0.0232. The van der Waals surface area contributed by atoms with Gasteiger partial charge >= 0.3 is 0 Å². The summed E-state index contributed by atoms with van der Waals surface area (Å²) < 4.78 is 31.5.